The highest BCUT2D eigenvalue weighted by molar-refractivity contribution is 7.90. The smallest absolute Gasteiger partial charge is 0.331 e. The summed E-state index contributed by atoms with van der Waals surface area (Å²) in [5.74, 6) is -1.51. The van der Waals surface area contributed by atoms with Gasteiger partial charge in [-0.2, -0.15) is 0 Å². The number of fused-ring (bicyclic) bond motifs is 1. The Morgan fingerprint density at radius 2 is 2.00 bits per heavy atom. The number of nitrogens with one attached hydrogen (secondary N) is 1. The summed E-state index contributed by atoms with van der Waals surface area (Å²) in [4.78, 5) is 27.1. The van der Waals surface area contributed by atoms with Crippen LogP contribution in [0.2, 0.25) is 0 Å². The third-order valence-corrected chi connectivity index (χ3v) is 5.79. The van der Waals surface area contributed by atoms with Crippen LogP contribution in [0.1, 0.15) is 57.3 Å². The topological polar surface area (TPSA) is 118 Å². The molecule has 9 heteroatoms. The number of aromatic nitrogens is 2. The van der Waals surface area contributed by atoms with E-state index in [9.17, 15) is 18.0 Å². The Labute approximate surface area is 147 Å². The van der Waals surface area contributed by atoms with E-state index in [2.05, 4.69) is 10.3 Å². The van der Waals surface area contributed by atoms with Crippen LogP contribution in [0.25, 0.3) is 6.08 Å². The second kappa shape index (κ2) is 7.81. The summed E-state index contributed by atoms with van der Waals surface area (Å²) in [7, 11) is -3.69. The number of imidazole rings is 1. The Morgan fingerprint density at radius 3 is 2.60 bits per heavy atom. The molecule has 25 heavy (non-hydrogen) atoms. The minimum absolute atomic E-state index is 0.0475. The summed E-state index contributed by atoms with van der Waals surface area (Å²) in [6.07, 6.45) is 4.22. The van der Waals surface area contributed by atoms with Crippen LogP contribution in [0.15, 0.2) is 5.57 Å². The molecule has 2 rings (SSSR count). The monoisotopic (exact) mass is 369 g/mol. The second-order valence-corrected chi connectivity index (χ2v) is 7.87. The van der Waals surface area contributed by atoms with E-state index in [-0.39, 0.29) is 48.1 Å². The SMILES string of the molecule is CCCCCS(=O)(=O)n1c(NC(=O)CC)nc2c1CCC(C(=O)O)=C2. The van der Waals surface area contributed by atoms with E-state index in [1.165, 1.54) is 6.08 Å². The first-order valence-electron chi connectivity index (χ1n) is 8.38. The van der Waals surface area contributed by atoms with Gasteiger partial charge in [0.25, 0.3) is 0 Å². The molecule has 0 atom stereocenters. The minimum Gasteiger partial charge on any atom is -0.478 e. The van der Waals surface area contributed by atoms with Crippen molar-refractivity contribution >= 4 is 33.9 Å². The summed E-state index contributed by atoms with van der Waals surface area (Å²) in [5.41, 5.74) is 0.885. The Bertz CT molecular complexity index is 808. The number of unbranched alkanes of at least 4 members (excludes halogenated alkanes) is 2. The molecule has 0 spiro atoms. The number of carbonyl (C=O) groups is 2. The Balaban J connectivity index is 2.49. The molecule has 138 valence electrons. The first-order chi connectivity index (χ1) is 11.8. The summed E-state index contributed by atoms with van der Waals surface area (Å²) in [5, 5.41) is 11.7. The average Bonchev–Trinajstić information content (AvgIpc) is 2.92. The summed E-state index contributed by atoms with van der Waals surface area (Å²) in [6, 6.07) is 0. The van der Waals surface area contributed by atoms with E-state index < -0.39 is 16.0 Å². The van der Waals surface area contributed by atoms with Crippen molar-refractivity contribution in [3.8, 4) is 0 Å². The molecule has 1 aliphatic rings. The predicted molar refractivity (Wildman–Crippen MR) is 93.8 cm³/mol. The molecule has 0 aliphatic heterocycles. The van der Waals surface area contributed by atoms with Crippen LogP contribution in [0.4, 0.5) is 5.95 Å². The van der Waals surface area contributed by atoms with Crippen molar-refractivity contribution in [1.29, 1.82) is 0 Å². The number of rotatable bonds is 8. The van der Waals surface area contributed by atoms with Crippen LogP contribution in [0.5, 0.6) is 0 Å². The number of nitrogens with zero attached hydrogens (tertiary/aromatic N) is 2. The zero-order valence-electron chi connectivity index (χ0n) is 14.4. The van der Waals surface area contributed by atoms with Gasteiger partial charge < -0.3 is 5.11 Å². The summed E-state index contributed by atoms with van der Waals surface area (Å²) >= 11 is 0. The van der Waals surface area contributed by atoms with Crippen molar-refractivity contribution in [2.24, 2.45) is 0 Å². The van der Waals surface area contributed by atoms with Gasteiger partial charge in [-0.3, -0.25) is 10.1 Å². The highest BCUT2D eigenvalue weighted by Gasteiger charge is 2.29. The molecule has 0 unspecified atom stereocenters. The molecule has 1 amide bonds. The highest BCUT2D eigenvalue weighted by atomic mass is 32.2. The number of hydrogen-bond donors (Lipinski definition) is 2. The third kappa shape index (κ3) is 4.28. The molecule has 0 radical (unpaired) electrons. The predicted octanol–water partition coefficient (Wildman–Crippen LogP) is 2.01. The van der Waals surface area contributed by atoms with Crippen molar-refractivity contribution in [3.63, 3.8) is 0 Å². The first kappa shape index (κ1) is 19.2. The van der Waals surface area contributed by atoms with Crippen LogP contribution in [-0.2, 0) is 26.0 Å². The number of hydrogen-bond acceptors (Lipinski definition) is 5. The Kier molecular flexibility index (Phi) is 5.99. The number of aliphatic carboxylic acids is 1. The molecule has 1 aromatic rings. The van der Waals surface area contributed by atoms with Crippen molar-refractivity contribution in [3.05, 3.63) is 17.0 Å². The zero-order chi connectivity index (χ0) is 18.6. The Hall–Kier alpha value is -2.16. The van der Waals surface area contributed by atoms with Gasteiger partial charge in [0, 0.05) is 12.0 Å². The lowest BCUT2D eigenvalue weighted by Crippen LogP contribution is -2.24. The van der Waals surface area contributed by atoms with Gasteiger partial charge >= 0.3 is 5.97 Å². The number of amides is 1. The largest absolute Gasteiger partial charge is 0.478 e. The number of carbonyl (C=O) groups excluding carboxylic acids is 1. The van der Waals surface area contributed by atoms with Gasteiger partial charge in [0.1, 0.15) is 0 Å². The van der Waals surface area contributed by atoms with Crippen molar-refractivity contribution < 1.29 is 23.1 Å². The lowest BCUT2D eigenvalue weighted by Gasteiger charge is -2.15. The normalized spacial score (nSPS) is 13.9. The number of anilines is 1. The fourth-order valence-corrected chi connectivity index (χ4v) is 4.30. The van der Waals surface area contributed by atoms with Gasteiger partial charge in [-0.25, -0.2) is 22.2 Å². The molecule has 0 fully saturated rings. The fraction of sp³-hybridized carbons (Fsp3) is 0.562. The van der Waals surface area contributed by atoms with E-state index in [0.29, 0.717) is 12.1 Å². The molecular weight excluding hydrogens is 346 g/mol. The Morgan fingerprint density at radius 1 is 1.28 bits per heavy atom. The van der Waals surface area contributed by atoms with E-state index >= 15 is 0 Å². The second-order valence-electron chi connectivity index (χ2n) is 5.93. The van der Waals surface area contributed by atoms with E-state index in [1.807, 2.05) is 6.92 Å². The van der Waals surface area contributed by atoms with Gasteiger partial charge in [0.15, 0.2) is 0 Å². The lowest BCUT2D eigenvalue weighted by atomic mass is 10.0. The van der Waals surface area contributed by atoms with Crippen LogP contribution in [0, 0.1) is 0 Å². The van der Waals surface area contributed by atoms with Gasteiger partial charge in [-0.1, -0.05) is 26.7 Å². The molecular formula is C16H23N3O5S. The summed E-state index contributed by atoms with van der Waals surface area (Å²) < 4.78 is 26.6. The zero-order valence-corrected chi connectivity index (χ0v) is 15.2. The van der Waals surface area contributed by atoms with Gasteiger partial charge in [0.05, 0.1) is 17.1 Å². The molecule has 0 saturated carbocycles. The molecule has 0 bridgehead atoms. The van der Waals surface area contributed by atoms with Gasteiger partial charge in [0.2, 0.25) is 21.9 Å². The number of carboxylic acid groups (broad SMARTS) is 1. The van der Waals surface area contributed by atoms with Crippen molar-refractivity contribution in [1.82, 2.24) is 8.96 Å². The van der Waals surface area contributed by atoms with Crippen LogP contribution in [-0.4, -0.2) is 40.1 Å². The first-order valence-corrected chi connectivity index (χ1v) is 9.99. The quantitative estimate of drug-likeness (QED) is 0.677. The maximum Gasteiger partial charge on any atom is 0.331 e. The van der Waals surface area contributed by atoms with E-state index in [1.54, 1.807) is 6.92 Å². The maximum absolute atomic E-state index is 12.8. The fourth-order valence-electron chi connectivity index (χ4n) is 2.68. The molecule has 0 saturated heterocycles. The molecule has 2 N–H and O–H groups in total. The standard InChI is InChI=1S/C16H23N3O5S/c1-3-5-6-9-25(23,24)19-13-8-7-11(15(21)22)10-12(13)17-16(19)18-14(20)4-2/h10H,3-9H2,1-2H3,(H,21,22)(H,17,18,20). The van der Waals surface area contributed by atoms with Gasteiger partial charge in [-0.05, 0) is 25.3 Å². The van der Waals surface area contributed by atoms with Crippen LogP contribution in [0.3, 0.4) is 0 Å². The van der Waals surface area contributed by atoms with E-state index in [4.69, 9.17) is 5.11 Å². The van der Waals surface area contributed by atoms with Crippen LogP contribution >= 0.6 is 0 Å². The third-order valence-electron chi connectivity index (χ3n) is 4.03. The molecule has 1 heterocycles. The highest BCUT2D eigenvalue weighted by Crippen LogP contribution is 2.29. The lowest BCUT2D eigenvalue weighted by molar-refractivity contribution is -0.132. The van der Waals surface area contributed by atoms with E-state index in [0.717, 1.165) is 16.8 Å². The summed E-state index contributed by atoms with van der Waals surface area (Å²) in [6.45, 7) is 3.64. The maximum atomic E-state index is 12.8. The molecule has 1 aliphatic carbocycles. The van der Waals surface area contributed by atoms with Crippen LogP contribution < -0.4 is 5.32 Å². The molecule has 0 aromatic carbocycles. The van der Waals surface area contributed by atoms with Gasteiger partial charge in [-0.15, -0.1) is 0 Å². The van der Waals surface area contributed by atoms with Crippen molar-refractivity contribution in [2.75, 3.05) is 11.1 Å². The number of carboxylic acids is 1. The molecule has 8 nitrogen and oxygen atoms in total. The molecule has 1 aromatic heterocycles. The minimum atomic E-state index is -3.69. The van der Waals surface area contributed by atoms with Crippen molar-refractivity contribution in [2.45, 2.75) is 52.4 Å². The average molecular weight is 369 g/mol.